The molecule has 0 fully saturated rings. The predicted molar refractivity (Wildman–Crippen MR) is 73.7 cm³/mol. The summed E-state index contributed by atoms with van der Waals surface area (Å²) >= 11 is 0. The standard InChI is InChI=1S/C14H16N4O/c1-2-9(6-15)14-16-7-12(18-14)10-3-4-11-13(5-10)19-8-17-11/h3-5,7-9H,2,6,15H2,1H3,(H,16,18). The van der Waals surface area contributed by atoms with E-state index < -0.39 is 0 Å². The van der Waals surface area contributed by atoms with Gasteiger partial charge in [-0.05, 0) is 18.6 Å². The van der Waals surface area contributed by atoms with E-state index in [-0.39, 0.29) is 5.92 Å². The van der Waals surface area contributed by atoms with E-state index in [1.807, 2.05) is 24.4 Å². The first-order chi connectivity index (χ1) is 9.31. The summed E-state index contributed by atoms with van der Waals surface area (Å²) in [5.74, 6) is 1.22. The molecule has 2 heterocycles. The van der Waals surface area contributed by atoms with Gasteiger partial charge in [0, 0.05) is 18.0 Å². The highest BCUT2D eigenvalue weighted by atomic mass is 16.3. The Morgan fingerprint density at radius 1 is 1.37 bits per heavy atom. The molecule has 5 nitrogen and oxygen atoms in total. The average Bonchev–Trinajstić information content (AvgIpc) is 3.08. The zero-order valence-corrected chi connectivity index (χ0v) is 10.8. The molecule has 0 spiro atoms. The van der Waals surface area contributed by atoms with Crippen molar-refractivity contribution in [2.75, 3.05) is 6.54 Å². The van der Waals surface area contributed by atoms with Gasteiger partial charge in [-0.15, -0.1) is 0 Å². The summed E-state index contributed by atoms with van der Waals surface area (Å²) in [6.07, 6.45) is 4.27. The van der Waals surface area contributed by atoms with Crippen LogP contribution in [0.25, 0.3) is 22.4 Å². The number of benzene rings is 1. The van der Waals surface area contributed by atoms with Gasteiger partial charge in [0.05, 0.1) is 11.9 Å². The molecule has 0 radical (unpaired) electrons. The van der Waals surface area contributed by atoms with E-state index in [4.69, 9.17) is 10.2 Å². The lowest BCUT2D eigenvalue weighted by Crippen LogP contribution is -2.12. The molecule has 0 saturated carbocycles. The molecule has 0 saturated heterocycles. The fourth-order valence-electron chi connectivity index (χ4n) is 2.19. The molecule has 3 N–H and O–H groups in total. The molecule has 1 aromatic carbocycles. The molecule has 98 valence electrons. The van der Waals surface area contributed by atoms with Crippen LogP contribution < -0.4 is 5.73 Å². The second-order valence-electron chi connectivity index (χ2n) is 4.56. The van der Waals surface area contributed by atoms with Crippen LogP contribution in [-0.2, 0) is 0 Å². The van der Waals surface area contributed by atoms with Crippen molar-refractivity contribution in [3.05, 3.63) is 36.6 Å². The number of imidazole rings is 1. The van der Waals surface area contributed by atoms with Crippen molar-refractivity contribution in [2.24, 2.45) is 5.73 Å². The number of aromatic amines is 1. The minimum absolute atomic E-state index is 0.280. The molecule has 0 aliphatic carbocycles. The number of nitrogens with one attached hydrogen (secondary N) is 1. The van der Waals surface area contributed by atoms with Crippen LogP contribution in [0.2, 0.25) is 0 Å². The van der Waals surface area contributed by atoms with Crippen molar-refractivity contribution >= 4 is 11.1 Å². The molecule has 19 heavy (non-hydrogen) atoms. The summed E-state index contributed by atoms with van der Waals surface area (Å²) in [7, 11) is 0. The summed E-state index contributed by atoms with van der Waals surface area (Å²) in [5, 5.41) is 0. The second-order valence-corrected chi connectivity index (χ2v) is 4.56. The van der Waals surface area contributed by atoms with E-state index in [0.717, 1.165) is 34.6 Å². The lowest BCUT2D eigenvalue weighted by Gasteiger charge is -2.07. The van der Waals surface area contributed by atoms with Gasteiger partial charge in [-0.1, -0.05) is 13.0 Å². The number of aromatic nitrogens is 3. The molecular weight excluding hydrogens is 240 g/mol. The van der Waals surface area contributed by atoms with Gasteiger partial charge >= 0.3 is 0 Å². The van der Waals surface area contributed by atoms with Gasteiger partial charge in [0.25, 0.3) is 0 Å². The van der Waals surface area contributed by atoms with Gasteiger partial charge in [0.15, 0.2) is 12.0 Å². The smallest absolute Gasteiger partial charge is 0.181 e. The summed E-state index contributed by atoms with van der Waals surface area (Å²) in [5.41, 5.74) is 9.39. The zero-order valence-electron chi connectivity index (χ0n) is 10.8. The number of H-pyrrole nitrogens is 1. The number of nitrogens with zero attached hydrogens (tertiary/aromatic N) is 2. The highest BCUT2D eigenvalue weighted by Crippen LogP contribution is 2.24. The quantitative estimate of drug-likeness (QED) is 0.752. The van der Waals surface area contributed by atoms with Crippen LogP contribution >= 0.6 is 0 Å². The largest absolute Gasteiger partial charge is 0.443 e. The van der Waals surface area contributed by atoms with Crippen molar-refractivity contribution in [3.8, 4) is 11.3 Å². The third kappa shape index (κ3) is 2.13. The molecule has 0 aliphatic rings. The molecule has 0 bridgehead atoms. The zero-order chi connectivity index (χ0) is 13.2. The maximum Gasteiger partial charge on any atom is 0.181 e. The van der Waals surface area contributed by atoms with Crippen LogP contribution in [0.4, 0.5) is 0 Å². The lowest BCUT2D eigenvalue weighted by molar-refractivity contribution is 0.602. The summed E-state index contributed by atoms with van der Waals surface area (Å²) in [6, 6.07) is 5.91. The number of oxazole rings is 1. The monoisotopic (exact) mass is 256 g/mol. The van der Waals surface area contributed by atoms with Crippen LogP contribution in [0, 0.1) is 0 Å². The molecule has 2 aromatic heterocycles. The minimum Gasteiger partial charge on any atom is -0.443 e. The lowest BCUT2D eigenvalue weighted by atomic mass is 10.1. The van der Waals surface area contributed by atoms with Gasteiger partial charge in [-0.3, -0.25) is 0 Å². The highest BCUT2D eigenvalue weighted by molar-refractivity contribution is 5.78. The number of nitrogens with two attached hydrogens (primary N) is 1. The third-order valence-corrected chi connectivity index (χ3v) is 3.40. The molecule has 0 aliphatic heterocycles. The third-order valence-electron chi connectivity index (χ3n) is 3.40. The molecule has 0 amide bonds. The SMILES string of the molecule is CCC(CN)c1ncc(-c2ccc3ncoc3c2)[nH]1. The van der Waals surface area contributed by atoms with Crippen LogP contribution in [0.5, 0.6) is 0 Å². The maximum atomic E-state index is 5.74. The van der Waals surface area contributed by atoms with Gasteiger partial charge in [-0.25, -0.2) is 9.97 Å². The van der Waals surface area contributed by atoms with Crippen molar-refractivity contribution in [3.63, 3.8) is 0 Å². The van der Waals surface area contributed by atoms with Crippen LogP contribution in [-0.4, -0.2) is 21.5 Å². The van der Waals surface area contributed by atoms with E-state index in [2.05, 4.69) is 21.9 Å². The van der Waals surface area contributed by atoms with Gasteiger partial charge in [0.1, 0.15) is 11.3 Å². The Labute approximate surface area is 110 Å². The van der Waals surface area contributed by atoms with E-state index >= 15 is 0 Å². The maximum absolute atomic E-state index is 5.74. The van der Waals surface area contributed by atoms with E-state index in [1.165, 1.54) is 6.39 Å². The molecule has 3 rings (SSSR count). The van der Waals surface area contributed by atoms with E-state index in [9.17, 15) is 0 Å². The first-order valence-electron chi connectivity index (χ1n) is 6.40. The fourth-order valence-corrected chi connectivity index (χ4v) is 2.19. The number of hydrogen-bond acceptors (Lipinski definition) is 4. The van der Waals surface area contributed by atoms with Crippen molar-refractivity contribution < 1.29 is 4.42 Å². The topological polar surface area (TPSA) is 80.7 Å². The number of rotatable bonds is 4. The van der Waals surface area contributed by atoms with Crippen molar-refractivity contribution in [1.82, 2.24) is 15.0 Å². The Morgan fingerprint density at radius 2 is 2.26 bits per heavy atom. The Balaban J connectivity index is 1.97. The molecule has 1 unspecified atom stereocenters. The van der Waals surface area contributed by atoms with Crippen LogP contribution in [0.15, 0.2) is 35.2 Å². The summed E-state index contributed by atoms with van der Waals surface area (Å²) < 4.78 is 5.31. The number of hydrogen-bond donors (Lipinski definition) is 2. The average molecular weight is 256 g/mol. The Morgan fingerprint density at radius 3 is 3.05 bits per heavy atom. The fraction of sp³-hybridized carbons (Fsp3) is 0.286. The molecule has 3 aromatic rings. The van der Waals surface area contributed by atoms with E-state index in [1.54, 1.807) is 0 Å². The predicted octanol–water partition coefficient (Wildman–Crippen LogP) is 2.67. The molecule has 5 heteroatoms. The Hall–Kier alpha value is -2.14. The Kier molecular flexibility index (Phi) is 3.05. The number of fused-ring (bicyclic) bond motifs is 1. The van der Waals surface area contributed by atoms with Gasteiger partial charge < -0.3 is 15.1 Å². The van der Waals surface area contributed by atoms with Gasteiger partial charge in [-0.2, -0.15) is 0 Å². The van der Waals surface area contributed by atoms with Gasteiger partial charge in [0.2, 0.25) is 0 Å². The first kappa shape index (κ1) is 11.9. The normalized spacial score (nSPS) is 12.9. The summed E-state index contributed by atoms with van der Waals surface area (Å²) in [6.45, 7) is 2.71. The van der Waals surface area contributed by atoms with Crippen LogP contribution in [0.3, 0.4) is 0 Å². The van der Waals surface area contributed by atoms with E-state index in [0.29, 0.717) is 6.54 Å². The molecular formula is C14H16N4O. The highest BCUT2D eigenvalue weighted by Gasteiger charge is 2.12. The second kappa shape index (κ2) is 4.85. The van der Waals surface area contributed by atoms with Crippen LogP contribution in [0.1, 0.15) is 25.1 Å². The van der Waals surface area contributed by atoms with Crippen molar-refractivity contribution in [1.29, 1.82) is 0 Å². The first-order valence-corrected chi connectivity index (χ1v) is 6.40. The van der Waals surface area contributed by atoms with Crippen molar-refractivity contribution in [2.45, 2.75) is 19.3 Å². The summed E-state index contributed by atoms with van der Waals surface area (Å²) in [4.78, 5) is 11.9. The molecule has 1 atom stereocenters. The Bertz CT molecular complexity index is 681. The minimum atomic E-state index is 0.280.